The number of methoxy groups -OCH3 is 1. The lowest BCUT2D eigenvalue weighted by molar-refractivity contribution is 0.0601. The van der Waals surface area contributed by atoms with Crippen LogP contribution in [0.1, 0.15) is 10.4 Å². The topological polar surface area (TPSA) is 53.6 Å². The Bertz CT molecular complexity index is 436. The molecule has 104 valence electrons. The second-order valence-corrected chi connectivity index (χ2v) is 4.79. The maximum absolute atomic E-state index is 11.5. The molecule has 1 atom stereocenters. The number of hydrogen-bond acceptors (Lipinski definition) is 5. The lowest BCUT2D eigenvalue weighted by atomic mass is 10.1. The van der Waals surface area contributed by atoms with Crippen LogP contribution < -0.4 is 10.6 Å². The van der Waals surface area contributed by atoms with Gasteiger partial charge in [-0.05, 0) is 25.2 Å². The summed E-state index contributed by atoms with van der Waals surface area (Å²) in [5.41, 5.74) is 1.52. The summed E-state index contributed by atoms with van der Waals surface area (Å²) < 4.78 is 4.72. The fraction of sp³-hybridized carbons (Fsp3) is 0.500. The summed E-state index contributed by atoms with van der Waals surface area (Å²) in [7, 11) is 3.53. The van der Waals surface area contributed by atoms with Crippen LogP contribution in [0.2, 0.25) is 0 Å². The Balaban J connectivity index is 1.93. The third kappa shape index (κ3) is 3.68. The Hall–Kier alpha value is -1.59. The van der Waals surface area contributed by atoms with Crippen LogP contribution in [0.25, 0.3) is 0 Å². The number of esters is 1. The molecule has 19 heavy (non-hydrogen) atoms. The van der Waals surface area contributed by atoms with Crippen molar-refractivity contribution < 1.29 is 9.53 Å². The molecule has 1 aliphatic heterocycles. The first kappa shape index (κ1) is 13.8. The number of nitrogens with zero attached hydrogens (tertiary/aromatic N) is 1. The largest absolute Gasteiger partial charge is 0.465 e. The molecule has 1 aromatic rings. The lowest BCUT2D eigenvalue weighted by Gasteiger charge is -2.33. The maximum atomic E-state index is 11.5. The van der Waals surface area contributed by atoms with E-state index in [0.717, 1.165) is 31.9 Å². The van der Waals surface area contributed by atoms with Crippen molar-refractivity contribution >= 4 is 11.7 Å². The molecule has 1 fully saturated rings. The van der Waals surface area contributed by atoms with Crippen LogP contribution in [-0.4, -0.2) is 57.2 Å². The van der Waals surface area contributed by atoms with Crippen molar-refractivity contribution in [3.8, 4) is 0 Å². The molecule has 1 unspecified atom stereocenters. The number of hydrogen-bond donors (Lipinski definition) is 2. The van der Waals surface area contributed by atoms with Crippen LogP contribution in [0.5, 0.6) is 0 Å². The van der Waals surface area contributed by atoms with Crippen LogP contribution in [0.4, 0.5) is 5.69 Å². The Kier molecular flexibility index (Phi) is 4.76. The Morgan fingerprint density at radius 1 is 1.58 bits per heavy atom. The van der Waals surface area contributed by atoms with Crippen molar-refractivity contribution in [2.75, 3.05) is 45.7 Å². The molecule has 1 aromatic carbocycles. The Morgan fingerprint density at radius 2 is 2.42 bits per heavy atom. The number of nitrogens with one attached hydrogen (secondary N) is 2. The van der Waals surface area contributed by atoms with Gasteiger partial charge >= 0.3 is 5.97 Å². The van der Waals surface area contributed by atoms with E-state index in [0.29, 0.717) is 11.6 Å². The first-order chi connectivity index (χ1) is 9.20. The molecular formula is C14H21N3O2. The average molecular weight is 263 g/mol. The number of piperazine rings is 1. The highest BCUT2D eigenvalue weighted by Crippen LogP contribution is 2.12. The van der Waals surface area contributed by atoms with E-state index in [9.17, 15) is 4.79 Å². The minimum absolute atomic E-state index is 0.305. The van der Waals surface area contributed by atoms with E-state index < -0.39 is 0 Å². The monoisotopic (exact) mass is 263 g/mol. The summed E-state index contributed by atoms with van der Waals surface area (Å²) in [6.07, 6.45) is 0. The summed E-state index contributed by atoms with van der Waals surface area (Å²) in [4.78, 5) is 13.8. The first-order valence-electron chi connectivity index (χ1n) is 6.54. The second kappa shape index (κ2) is 6.54. The maximum Gasteiger partial charge on any atom is 0.337 e. The molecule has 0 aliphatic carbocycles. The van der Waals surface area contributed by atoms with Crippen LogP contribution in [-0.2, 0) is 4.74 Å². The van der Waals surface area contributed by atoms with Crippen molar-refractivity contribution in [1.29, 1.82) is 0 Å². The van der Waals surface area contributed by atoms with E-state index in [1.807, 2.05) is 18.2 Å². The number of ether oxygens (including phenoxy) is 1. The van der Waals surface area contributed by atoms with Gasteiger partial charge < -0.3 is 15.4 Å². The van der Waals surface area contributed by atoms with E-state index in [-0.39, 0.29) is 5.97 Å². The number of rotatable bonds is 4. The minimum atomic E-state index is -0.305. The van der Waals surface area contributed by atoms with E-state index in [1.165, 1.54) is 7.11 Å². The van der Waals surface area contributed by atoms with Gasteiger partial charge in [0.1, 0.15) is 0 Å². The van der Waals surface area contributed by atoms with E-state index in [2.05, 4.69) is 22.6 Å². The van der Waals surface area contributed by atoms with Crippen LogP contribution in [0.3, 0.4) is 0 Å². The molecule has 2 N–H and O–H groups in total. The molecule has 0 aromatic heterocycles. The molecule has 0 saturated carbocycles. The SMILES string of the molecule is COC(=O)c1cccc(NCC2CNCCN2C)c1. The van der Waals surface area contributed by atoms with Gasteiger partial charge in [0.2, 0.25) is 0 Å². The molecule has 5 heteroatoms. The number of benzene rings is 1. The molecule has 1 saturated heterocycles. The molecule has 0 bridgehead atoms. The number of anilines is 1. The number of likely N-dealkylation sites (N-methyl/N-ethyl adjacent to an activating group) is 1. The number of carbonyl (C=O) groups excluding carboxylic acids is 1. The van der Waals surface area contributed by atoms with Gasteiger partial charge in [-0.25, -0.2) is 4.79 Å². The summed E-state index contributed by atoms with van der Waals surface area (Å²) in [6, 6.07) is 7.86. The highest BCUT2D eigenvalue weighted by Gasteiger charge is 2.17. The fourth-order valence-corrected chi connectivity index (χ4v) is 2.20. The Morgan fingerprint density at radius 3 is 3.16 bits per heavy atom. The van der Waals surface area contributed by atoms with E-state index >= 15 is 0 Å². The first-order valence-corrected chi connectivity index (χ1v) is 6.54. The van der Waals surface area contributed by atoms with Gasteiger partial charge in [-0.1, -0.05) is 6.07 Å². The molecule has 2 rings (SSSR count). The van der Waals surface area contributed by atoms with Gasteiger partial charge in [-0.15, -0.1) is 0 Å². The third-order valence-corrected chi connectivity index (χ3v) is 3.47. The molecule has 0 radical (unpaired) electrons. The summed E-state index contributed by atoms with van der Waals surface area (Å²) in [5.74, 6) is -0.305. The second-order valence-electron chi connectivity index (χ2n) is 4.79. The van der Waals surface area contributed by atoms with Crippen molar-refractivity contribution in [3.05, 3.63) is 29.8 Å². The predicted molar refractivity (Wildman–Crippen MR) is 75.6 cm³/mol. The normalized spacial score (nSPS) is 20.0. The quantitative estimate of drug-likeness (QED) is 0.787. The molecule has 1 aliphatic rings. The van der Waals surface area contributed by atoms with Gasteiger partial charge in [-0.3, -0.25) is 4.90 Å². The van der Waals surface area contributed by atoms with Crippen LogP contribution in [0, 0.1) is 0 Å². The van der Waals surface area contributed by atoms with E-state index in [4.69, 9.17) is 4.74 Å². The summed E-state index contributed by atoms with van der Waals surface area (Å²) >= 11 is 0. The highest BCUT2D eigenvalue weighted by molar-refractivity contribution is 5.90. The third-order valence-electron chi connectivity index (χ3n) is 3.47. The van der Waals surface area contributed by atoms with Gasteiger partial charge in [0, 0.05) is 37.9 Å². The standard InChI is InChI=1S/C14H21N3O2/c1-17-7-6-15-9-13(17)10-16-12-5-3-4-11(8-12)14(18)19-2/h3-5,8,13,15-16H,6-7,9-10H2,1-2H3. The molecular weight excluding hydrogens is 242 g/mol. The molecule has 0 amide bonds. The van der Waals surface area contributed by atoms with Crippen molar-refractivity contribution in [3.63, 3.8) is 0 Å². The summed E-state index contributed by atoms with van der Waals surface area (Å²) in [5, 5.41) is 6.76. The van der Waals surface area contributed by atoms with Gasteiger partial charge in [0.15, 0.2) is 0 Å². The van der Waals surface area contributed by atoms with Gasteiger partial charge in [0.25, 0.3) is 0 Å². The fourth-order valence-electron chi connectivity index (χ4n) is 2.20. The highest BCUT2D eigenvalue weighted by atomic mass is 16.5. The zero-order valence-corrected chi connectivity index (χ0v) is 11.5. The summed E-state index contributed by atoms with van der Waals surface area (Å²) in [6.45, 7) is 3.95. The van der Waals surface area contributed by atoms with Crippen molar-refractivity contribution in [2.24, 2.45) is 0 Å². The van der Waals surface area contributed by atoms with E-state index in [1.54, 1.807) is 6.07 Å². The Labute approximate surface area is 113 Å². The minimum Gasteiger partial charge on any atom is -0.465 e. The number of carbonyl (C=O) groups is 1. The molecule has 1 heterocycles. The van der Waals surface area contributed by atoms with Crippen molar-refractivity contribution in [1.82, 2.24) is 10.2 Å². The van der Waals surface area contributed by atoms with Gasteiger partial charge in [-0.2, -0.15) is 0 Å². The average Bonchev–Trinajstić information content (AvgIpc) is 2.46. The predicted octanol–water partition coefficient (Wildman–Crippen LogP) is 0.789. The molecule has 0 spiro atoms. The van der Waals surface area contributed by atoms with Gasteiger partial charge in [0.05, 0.1) is 12.7 Å². The smallest absolute Gasteiger partial charge is 0.337 e. The van der Waals surface area contributed by atoms with Crippen molar-refractivity contribution in [2.45, 2.75) is 6.04 Å². The molecule has 5 nitrogen and oxygen atoms in total. The van der Waals surface area contributed by atoms with Crippen LogP contribution in [0.15, 0.2) is 24.3 Å². The zero-order valence-electron chi connectivity index (χ0n) is 11.5. The lowest BCUT2D eigenvalue weighted by Crippen LogP contribution is -2.52. The zero-order chi connectivity index (χ0) is 13.7. The van der Waals surface area contributed by atoms with Crippen LogP contribution >= 0.6 is 0 Å².